The molecule has 1 aliphatic heterocycles. The van der Waals surface area contributed by atoms with E-state index in [0.717, 1.165) is 36.3 Å². The fourth-order valence-corrected chi connectivity index (χ4v) is 6.22. The number of carboxylic acid groups (broad SMARTS) is 1. The maximum atomic E-state index is 11.6. The fourth-order valence-electron chi connectivity index (χ4n) is 6.22. The molecule has 262 valence electrons. The molecular weight excluding hydrogens is 630 g/mol. The van der Waals surface area contributed by atoms with Gasteiger partial charge < -0.3 is 35.8 Å². The number of benzene rings is 4. The lowest BCUT2D eigenvalue weighted by Crippen LogP contribution is -2.31. The highest BCUT2D eigenvalue weighted by molar-refractivity contribution is 5.90. The van der Waals surface area contributed by atoms with Gasteiger partial charge in [-0.3, -0.25) is 10.1 Å². The molecule has 0 aliphatic carbocycles. The monoisotopic (exact) mass is 677 g/mol. The molecule has 6 rings (SSSR count). The summed E-state index contributed by atoms with van der Waals surface area (Å²) in [6, 6.07) is 31.8. The zero-order valence-electron chi connectivity index (χ0n) is 28.3. The second kappa shape index (κ2) is 18.6. The van der Waals surface area contributed by atoms with E-state index < -0.39 is 12.2 Å². The molecule has 0 radical (unpaired) electrons. The highest BCUT2D eigenvalue weighted by Crippen LogP contribution is 2.29. The largest absolute Gasteiger partial charge is 0.506 e. The van der Waals surface area contributed by atoms with Crippen molar-refractivity contribution in [1.82, 2.24) is 15.2 Å². The van der Waals surface area contributed by atoms with Crippen molar-refractivity contribution < 1.29 is 20.1 Å². The number of hydrogen-bond donors (Lipinski definition) is 7. The third-order valence-corrected chi connectivity index (χ3v) is 8.83. The second-order valence-corrected chi connectivity index (χ2v) is 12.5. The number of likely N-dealkylation sites (tertiary alicyclic amines) is 1. The minimum absolute atomic E-state index is 0.00320. The minimum atomic E-state index is -1.05. The van der Waals surface area contributed by atoms with E-state index in [-0.39, 0.29) is 11.3 Å². The Morgan fingerprint density at radius 1 is 0.840 bits per heavy atom. The van der Waals surface area contributed by atoms with Gasteiger partial charge in [0.05, 0.1) is 17.3 Å². The van der Waals surface area contributed by atoms with Gasteiger partial charge in [-0.25, -0.2) is 4.79 Å². The molecule has 1 atom stereocenters. The van der Waals surface area contributed by atoms with E-state index in [4.69, 9.17) is 5.11 Å². The van der Waals surface area contributed by atoms with Crippen molar-refractivity contribution in [2.45, 2.75) is 38.2 Å². The van der Waals surface area contributed by atoms with Gasteiger partial charge in [-0.1, -0.05) is 73.2 Å². The molecule has 0 bridgehead atoms. The summed E-state index contributed by atoms with van der Waals surface area (Å²) in [6.07, 6.45) is 4.31. The number of para-hydroxylation sites is 1. The molecule has 5 aromatic rings. The molecule has 1 aromatic heterocycles. The third-order valence-electron chi connectivity index (χ3n) is 8.83. The Kier molecular flexibility index (Phi) is 13.4. The van der Waals surface area contributed by atoms with Crippen molar-refractivity contribution >= 4 is 28.4 Å². The summed E-state index contributed by atoms with van der Waals surface area (Å²) in [5.41, 5.74) is 5.61. The number of carbonyl (C=O) groups is 1. The molecule has 7 N–H and O–H groups in total. The van der Waals surface area contributed by atoms with Gasteiger partial charge in [-0.2, -0.15) is 0 Å². The number of fused-ring (bicyclic) bond motifs is 1. The number of phenols is 1. The molecule has 10 nitrogen and oxygen atoms in total. The maximum Gasteiger partial charge on any atom is 0.409 e. The van der Waals surface area contributed by atoms with Gasteiger partial charge in [0.25, 0.3) is 0 Å². The van der Waals surface area contributed by atoms with Crippen molar-refractivity contribution in [2.24, 2.45) is 0 Å². The molecular formula is C40H47N5O5. The number of aliphatic hydroxyl groups is 1. The van der Waals surface area contributed by atoms with Crippen LogP contribution in [0.3, 0.4) is 0 Å². The molecule has 0 spiro atoms. The number of aromatic nitrogens is 1. The lowest BCUT2D eigenvalue weighted by atomic mass is 10.0. The fraction of sp³-hybridized carbons (Fsp3) is 0.300. The van der Waals surface area contributed by atoms with Gasteiger partial charge in [0.1, 0.15) is 5.75 Å². The van der Waals surface area contributed by atoms with E-state index in [1.54, 1.807) is 24.3 Å². The number of nitrogens with one attached hydrogen (secondary N) is 4. The van der Waals surface area contributed by atoms with Crippen molar-refractivity contribution in [3.05, 3.63) is 125 Å². The molecule has 4 aromatic carbocycles. The Morgan fingerprint density at radius 3 is 2.34 bits per heavy atom. The van der Waals surface area contributed by atoms with Crippen LogP contribution >= 0.6 is 0 Å². The summed E-state index contributed by atoms with van der Waals surface area (Å²) in [4.78, 5) is 27.4. The van der Waals surface area contributed by atoms with Gasteiger partial charge in [-0.05, 0) is 98.9 Å². The average molecular weight is 678 g/mol. The Labute approximate surface area is 292 Å². The predicted molar refractivity (Wildman–Crippen MR) is 201 cm³/mol. The summed E-state index contributed by atoms with van der Waals surface area (Å²) < 4.78 is 0. The van der Waals surface area contributed by atoms with Gasteiger partial charge in [0.2, 0.25) is 5.56 Å². The second-order valence-electron chi connectivity index (χ2n) is 12.5. The van der Waals surface area contributed by atoms with Gasteiger partial charge in [0, 0.05) is 35.8 Å². The predicted octanol–water partition coefficient (Wildman–Crippen LogP) is 6.83. The summed E-state index contributed by atoms with van der Waals surface area (Å²) >= 11 is 0. The normalized spacial score (nSPS) is 13.6. The number of hydrogen-bond acceptors (Lipinski definition) is 7. The van der Waals surface area contributed by atoms with Crippen LogP contribution in [-0.2, 0) is 6.42 Å². The zero-order chi connectivity index (χ0) is 35.1. The lowest BCUT2D eigenvalue weighted by Gasteiger charge is -2.26. The standard InChI is InChI=1S/C27H36N4O3.C13H11NO2/c32-24-11-9-22(23-10-12-26(34)30-27(23)24)25(33)19-28-15-13-20-5-7-21(8-6-20)29-14-4-18-31-16-2-1-3-17-31;15-13(16)14-12-9-5-4-8-11(12)10-6-2-1-3-7-10/h5-12,25,28-29,32-33H,1-4,13-19H2,(H,30,34);1-9,14H,(H,15,16)/t25-;/m0./s1. The molecule has 10 heteroatoms. The van der Waals surface area contributed by atoms with Crippen molar-refractivity contribution in [3.63, 3.8) is 0 Å². The summed E-state index contributed by atoms with van der Waals surface area (Å²) in [7, 11) is 0. The molecule has 0 saturated carbocycles. The first-order valence-electron chi connectivity index (χ1n) is 17.3. The van der Waals surface area contributed by atoms with Gasteiger partial charge in [0.15, 0.2) is 0 Å². The van der Waals surface area contributed by atoms with Crippen LogP contribution in [0.5, 0.6) is 5.75 Å². The average Bonchev–Trinajstić information content (AvgIpc) is 3.14. The van der Waals surface area contributed by atoms with E-state index in [2.05, 4.69) is 50.1 Å². The first-order valence-corrected chi connectivity index (χ1v) is 17.3. The first-order chi connectivity index (χ1) is 24.4. The van der Waals surface area contributed by atoms with Crippen molar-refractivity contribution in [1.29, 1.82) is 0 Å². The highest BCUT2D eigenvalue weighted by atomic mass is 16.4. The zero-order valence-corrected chi connectivity index (χ0v) is 28.3. The first kappa shape index (κ1) is 36.1. The number of aromatic hydroxyl groups is 1. The Balaban J connectivity index is 0.000000253. The molecule has 1 fully saturated rings. The van der Waals surface area contributed by atoms with Crippen molar-refractivity contribution in [2.75, 3.05) is 49.9 Å². The number of rotatable bonds is 13. The number of anilines is 2. The Hall–Kier alpha value is -5.16. The lowest BCUT2D eigenvalue weighted by molar-refractivity contribution is 0.176. The number of piperidine rings is 1. The number of phenolic OH excluding ortho intramolecular Hbond substituents is 1. The van der Waals surface area contributed by atoms with Crippen LogP contribution in [0.15, 0.2) is 108 Å². The molecule has 1 amide bonds. The van der Waals surface area contributed by atoms with E-state index in [9.17, 15) is 19.8 Å². The van der Waals surface area contributed by atoms with Crippen LogP contribution < -0.4 is 21.5 Å². The summed E-state index contributed by atoms with van der Waals surface area (Å²) in [5.74, 6) is -0.00320. The smallest absolute Gasteiger partial charge is 0.409 e. The van der Waals surface area contributed by atoms with Crippen LogP contribution in [0.25, 0.3) is 22.0 Å². The number of aliphatic hydroxyl groups excluding tert-OH is 1. The topological polar surface area (TPSA) is 150 Å². The quantitative estimate of drug-likeness (QED) is 0.0671. The molecule has 1 aliphatic rings. The molecule has 0 unspecified atom stereocenters. The summed E-state index contributed by atoms with van der Waals surface area (Å²) in [6.45, 7) is 5.82. The Morgan fingerprint density at radius 2 is 1.58 bits per heavy atom. The van der Waals surface area contributed by atoms with E-state index >= 15 is 0 Å². The van der Waals surface area contributed by atoms with Crippen LogP contribution in [0.1, 0.15) is 42.9 Å². The van der Waals surface area contributed by atoms with Gasteiger partial charge >= 0.3 is 6.09 Å². The van der Waals surface area contributed by atoms with Gasteiger partial charge in [-0.15, -0.1) is 0 Å². The highest BCUT2D eigenvalue weighted by Gasteiger charge is 2.14. The van der Waals surface area contributed by atoms with Crippen molar-refractivity contribution in [3.8, 4) is 16.9 Å². The van der Waals surface area contributed by atoms with Crippen LogP contribution in [0.2, 0.25) is 0 Å². The Bertz CT molecular complexity index is 1860. The minimum Gasteiger partial charge on any atom is -0.506 e. The molecule has 50 heavy (non-hydrogen) atoms. The summed E-state index contributed by atoms with van der Waals surface area (Å²) in [5, 5.41) is 39.2. The number of H-pyrrole nitrogens is 1. The number of nitrogens with zero attached hydrogens (tertiary/aromatic N) is 1. The van der Waals surface area contributed by atoms with Crippen LogP contribution in [0, 0.1) is 0 Å². The number of amides is 1. The SMILES string of the molecule is O=C(O)Nc1ccccc1-c1ccccc1.O=c1ccc2c([C@@H](O)CNCCc3ccc(NCCCN4CCCCC4)cc3)ccc(O)c2[nH]1. The number of aromatic amines is 1. The van der Waals surface area contributed by atoms with Crippen LogP contribution in [-0.4, -0.2) is 70.6 Å². The molecule has 2 heterocycles. The third kappa shape index (κ3) is 10.7. The number of pyridine rings is 1. The maximum absolute atomic E-state index is 11.6. The van der Waals surface area contributed by atoms with E-state index in [1.807, 2.05) is 42.5 Å². The van der Waals surface area contributed by atoms with E-state index in [0.29, 0.717) is 28.7 Å². The van der Waals surface area contributed by atoms with Crippen LogP contribution in [0.4, 0.5) is 16.2 Å². The molecule has 1 saturated heterocycles. The van der Waals surface area contributed by atoms with E-state index in [1.165, 1.54) is 63.0 Å².